The minimum Gasteiger partial charge on any atom is -0.490 e. The number of ether oxygens (including phenoxy) is 2. The lowest BCUT2D eigenvalue weighted by molar-refractivity contribution is 0.269. The van der Waals surface area contributed by atoms with E-state index in [1.54, 1.807) is 4.40 Å². The molecule has 0 fully saturated rings. The smallest absolute Gasteiger partial charge is 0.274 e. The summed E-state index contributed by atoms with van der Waals surface area (Å²) in [5.74, 6) is 1.28. The molecule has 0 aliphatic carbocycles. The van der Waals surface area contributed by atoms with Gasteiger partial charge >= 0.3 is 0 Å². The van der Waals surface area contributed by atoms with Gasteiger partial charge in [0.25, 0.3) is 5.56 Å². The van der Waals surface area contributed by atoms with Gasteiger partial charge < -0.3 is 9.47 Å². The van der Waals surface area contributed by atoms with E-state index in [0.717, 1.165) is 27.7 Å². The van der Waals surface area contributed by atoms with Crippen LogP contribution in [0.3, 0.4) is 0 Å². The molecule has 2 aromatic heterocycles. The van der Waals surface area contributed by atoms with Gasteiger partial charge in [0.05, 0.1) is 22.2 Å². The van der Waals surface area contributed by atoms with Gasteiger partial charge in [-0.1, -0.05) is 41.1 Å². The highest BCUT2D eigenvalue weighted by Crippen LogP contribution is 2.30. The lowest BCUT2D eigenvalue weighted by Gasteiger charge is -2.12. The Bertz CT molecular complexity index is 1620. The summed E-state index contributed by atoms with van der Waals surface area (Å²) in [4.78, 5) is 18.6. The van der Waals surface area contributed by atoms with Crippen molar-refractivity contribution in [3.05, 3.63) is 96.8 Å². The highest BCUT2D eigenvalue weighted by molar-refractivity contribution is 7.15. The lowest BCUT2D eigenvalue weighted by atomic mass is 10.1. The molecule has 3 aromatic carbocycles. The molecule has 172 valence electrons. The summed E-state index contributed by atoms with van der Waals surface area (Å²) < 4.78 is 14.1. The van der Waals surface area contributed by atoms with Gasteiger partial charge in [-0.3, -0.25) is 4.79 Å². The van der Waals surface area contributed by atoms with Crippen molar-refractivity contribution in [2.75, 3.05) is 6.61 Å². The number of thiazole rings is 1. The third kappa shape index (κ3) is 4.27. The van der Waals surface area contributed by atoms with Crippen LogP contribution in [-0.2, 0) is 6.61 Å². The number of rotatable bonds is 6. The number of hydrogen-bond donors (Lipinski definition) is 0. The average molecular weight is 491 g/mol. The second-order valence-electron chi connectivity index (χ2n) is 8.13. The number of fused-ring (bicyclic) bond motifs is 3. The van der Waals surface area contributed by atoms with Crippen molar-refractivity contribution in [3.8, 4) is 11.5 Å². The van der Waals surface area contributed by atoms with E-state index in [2.05, 4.69) is 11.9 Å². The maximum Gasteiger partial charge on any atom is 0.274 e. The number of imidazole rings is 1. The molecule has 0 saturated carbocycles. The minimum atomic E-state index is -0.0632. The van der Waals surface area contributed by atoms with Gasteiger partial charge in [0.1, 0.15) is 6.61 Å². The Kier molecular flexibility index (Phi) is 6.02. The fraction of sp³-hybridized carbons (Fsp3) is 0.185. The van der Waals surface area contributed by atoms with Gasteiger partial charge in [0.15, 0.2) is 16.5 Å². The molecule has 0 aliphatic heterocycles. The molecule has 7 heteroatoms. The summed E-state index contributed by atoms with van der Waals surface area (Å²) in [5, 5.41) is 0.690. The molecule has 0 atom stereocenters. The maximum absolute atomic E-state index is 13.2. The molecule has 5 rings (SSSR count). The van der Waals surface area contributed by atoms with E-state index in [9.17, 15) is 4.79 Å². The van der Waals surface area contributed by atoms with Gasteiger partial charge in [-0.2, -0.15) is 0 Å². The molecular weight excluding hydrogens is 468 g/mol. The second-order valence-corrected chi connectivity index (χ2v) is 9.57. The Hall–Kier alpha value is -3.35. The number of aryl methyl sites for hydroxylation is 2. The molecule has 5 aromatic rings. The van der Waals surface area contributed by atoms with Crippen molar-refractivity contribution < 1.29 is 9.47 Å². The zero-order chi connectivity index (χ0) is 23.8. The number of aromatic nitrogens is 2. The van der Waals surface area contributed by atoms with Crippen LogP contribution in [0.15, 0.2) is 59.4 Å². The summed E-state index contributed by atoms with van der Waals surface area (Å²) in [6.07, 6.45) is 1.88. The minimum absolute atomic E-state index is 0.0632. The normalized spacial score (nSPS) is 12.1. The first kappa shape index (κ1) is 22.4. The standard InChI is InChI=1S/C27H23ClN2O3S/c1-4-32-24-13-19(7-10-23(24)33-15-18-5-8-20(28)9-6-18)14-25-26(31)30-22-12-17(3)16(2)11-21(22)29-27(30)34-25/h5-14H,4,15H2,1-3H3. The molecule has 0 saturated heterocycles. The van der Waals surface area contributed by atoms with Crippen LogP contribution >= 0.6 is 22.9 Å². The Morgan fingerprint density at radius 2 is 1.76 bits per heavy atom. The number of benzene rings is 3. The first-order valence-corrected chi connectivity index (χ1v) is 12.2. The van der Waals surface area contributed by atoms with E-state index in [-0.39, 0.29) is 5.56 Å². The second kappa shape index (κ2) is 9.12. The Balaban J connectivity index is 1.49. The van der Waals surface area contributed by atoms with Crippen LogP contribution in [-0.4, -0.2) is 16.0 Å². The molecule has 0 spiro atoms. The van der Waals surface area contributed by atoms with Gasteiger partial charge in [-0.15, -0.1) is 0 Å². The number of hydrogen-bond acceptors (Lipinski definition) is 5. The molecule has 0 N–H and O–H groups in total. The van der Waals surface area contributed by atoms with Crippen molar-refractivity contribution in [3.63, 3.8) is 0 Å². The molecule has 0 unspecified atom stereocenters. The summed E-state index contributed by atoms with van der Waals surface area (Å²) in [7, 11) is 0. The molecule has 0 radical (unpaired) electrons. The van der Waals surface area contributed by atoms with Crippen LogP contribution in [0.5, 0.6) is 11.5 Å². The van der Waals surface area contributed by atoms with Gasteiger partial charge in [-0.25, -0.2) is 9.38 Å². The lowest BCUT2D eigenvalue weighted by Crippen LogP contribution is -2.22. The largest absolute Gasteiger partial charge is 0.490 e. The van der Waals surface area contributed by atoms with Crippen LogP contribution in [0.1, 0.15) is 29.2 Å². The Morgan fingerprint density at radius 1 is 1.00 bits per heavy atom. The quantitative estimate of drug-likeness (QED) is 0.306. The molecule has 0 amide bonds. The number of halogens is 1. The Morgan fingerprint density at radius 3 is 2.53 bits per heavy atom. The van der Waals surface area contributed by atoms with Crippen LogP contribution in [0.25, 0.3) is 22.1 Å². The fourth-order valence-electron chi connectivity index (χ4n) is 3.81. The highest BCUT2D eigenvalue weighted by atomic mass is 35.5. The van der Waals surface area contributed by atoms with Crippen LogP contribution in [0, 0.1) is 13.8 Å². The van der Waals surface area contributed by atoms with Crippen molar-refractivity contribution >= 4 is 45.0 Å². The predicted molar refractivity (Wildman–Crippen MR) is 138 cm³/mol. The molecular formula is C27H23ClN2O3S. The third-order valence-electron chi connectivity index (χ3n) is 5.73. The van der Waals surface area contributed by atoms with Gasteiger partial charge in [-0.05, 0) is 85.5 Å². The highest BCUT2D eigenvalue weighted by Gasteiger charge is 2.13. The fourth-order valence-corrected chi connectivity index (χ4v) is 4.93. The van der Waals surface area contributed by atoms with Crippen LogP contribution in [0.2, 0.25) is 5.02 Å². The van der Waals surface area contributed by atoms with E-state index in [1.807, 2.05) is 74.5 Å². The first-order chi connectivity index (χ1) is 16.4. The van der Waals surface area contributed by atoms with E-state index < -0.39 is 0 Å². The zero-order valence-corrected chi connectivity index (χ0v) is 20.7. The third-order valence-corrected chi connectivity index (χ3v) is 6.95. The van der Waals surface area contributed by atoms with E-state index >= 15 is 0 Å². The van der Waals surface area contributed by atoms with Crippen molar-refractivity contribution in [2.45, 2.75) is 27.4 Å². The van der Waals surface area contributed by atoms with E-state index in [0.29, 0.717) is 39.2 Å². The first-order valence-electron chi connectivity index (χ1n) is 11.0. The summed E-state index contributed by atoms with van der Waals surface area (Å²) >= 11 is 7.35. The Labute approximate surface area is 205 Å². The van der Waals surface area contributed by atoms with E-state index in [1.165, 1.54) is 16.9 Å². The van der Waals surface area contributed by atoms with Crippen molar-refractivity contribution in [1.82, 2.24) is 9.38 Å². The molecule has 0 bridgehead atoms. The summed E-state index contributed by atoms with van der Waals surface area (Å²) in [6.45, 7) is 6.94. The predicted octanol–water partition coefficient (Wildman–Crippen LogP) is 5.70. The van der Waals surface area contributed by atoms with Crippen molar-refractivity contribution in [2.24, 2.45) is 0 Å². The maximum atomic E-state index is 13.2. The van der Waals surface area contributed by atoms with Crippen molar-refractivity contribution in [1.29, 1.82) is 0 Å². The topological polar surface area (TPSA) is 52.8 Å². The van der Waals surface area contributed by atoms with Gasteiger partial charge in [0.2, 0.25) is 0 Å². The number of nitrogens with zero attached hydrogens (tertiary/aromatic N) is 2. The van der Waals surface area contributed by atoms with Crippen LogP contribution < -0.4 is 19.6 Å². The summed E-state index contributed by atoms with van der Waals surface area (Å²) in [6, 6.07) is 17.3. The SMILES string of the molecule is CCOc1cc(C=c2sc3nc4cc(C)c(C)cc4n3c2=O)ccc1OCc1ccc(Cl)cc1. The van der Waals surface area contributed by atoms with Crippen LogP contribution in [0.4, 0.5) is 0 Å². The molecule has 0 aliphatic rings. The molecule has 2 heterocycles. The van der Waals surface area contributed by atoms with Gasteiger partial charge in [0, 0.05) is 5.02 Å². The van der Waals surface area contributed by atoms with E-state index in [4.69, 9.17) is 21.1 Å². The molecule has 5 nitrogen and oxygen atoms in total. The average Bonchev–Trinajstić information content (AvgIpc) is 3.30. The molecule has 34 heavy (non-hydrogen) atoms. The monoisotopic (exact) mass is 490 g/mol. The summed E-state index contributed by atoms with van der Waals surface area (Å²) in [5.41, 5.74) is 5.81. The zero-order valence-electron chi connectivity index (χ0n) is 19.1.